The molecule has 0 spiro atoms. The molecular formula is C21H18NO4-. The van der Waals surface area contributed by atoms with E-state index in [1.165, 1.54) is 11.1 Å². The van der Waals surface area contributed by atoms with E-state index in [-0.39, 0.29) is 18.6 Å². The third-order valence-corrected chi connectivity index (χ3v) is 5.03. The molecule has 5 heteroatoms. The van der Waals surface area contributed by atoms with Crippen molar-refractivity contribution in [3.05, 3.63) is 71.8 Å². The smallest absolute Gasteiger partial charge is 0.407 e. The molecule has 0 heterocycles. The Hall–Kier alpha value is -3.08. The van der Waals surface area contributed by atoms with Crippen molar-refractivity contribution in [2.24, 2.45) is 5.92 Å². The van der Waals surface area contributed by atoms with Gasteiger partial charge in [0.1, 0.15) is 6.61 Å². The second kappa shape index (κ2) is 6.67. The van der Waals surface area contributed by atoms with Crippen molar-refractivity contribution < 1.29 is 19.4 Å². The minimum Gasteiger partial charge on any atom is -0.550 e. The summed E-state index contributed by atoms with van der Waals surface area (Å²) >= 11 is 0. The molecule has 0 fully saturated rings. The highest BCUT2D eigenvalue weighted by atomic mass is 16.5. The highest BCUT2D eigenvalue weighted by Crippen LogP contribution is 2.44. The Morgan fingerprint density at radius 2 is 1.62 bits per heavy atom. The van der Waals surface area contributed by atoms with Gasteiger partial charge in [-0.2, -0.15) is 0 Å². The first kappa shape index (κ1) is 16.4. The van der Waals surface area contributed by atoms with Gasteiger partial charge in [0, 0.05) is 17.8 Å². The van der Waals surface area contributed by atoms with Crippen LogP contribution in [0.5, 0.6) is 0 Å². The van der Waals surface area contributed by atoms with Crippen molar-refractivity contribution in [1.29, 1.82) is 0 Å². The van der Waals surface area contributed by atoms with E-state index in [9.17, 15) is 14.7 Å². The molecule has 132 valence electrons. The van der Waals surface area contributed by atoms with Crippen LogP contribution in [0.1, 0.15) is 23.5 Å². The van der Waals surface area contributed by atoms with E-state index in [0.717, 1.165) is 11.1 Å². The Morgan fingerprint density at radius 3 is 2.19 bits per heavy atom. The van der Waals surface area contributed by atoms with Crippen LogP contribution in [-0.4, -0.2) is 24.7 Å². The van der Waals surface area contributed by atoms with Crippen molar-refractivity contribution in [3.8, 4) is 11.1 Å². The zero-order valence-corrected chi connectivity index (χ0v) is 14.1. The number of hydrogen-bond acceptors (Lipinski definition) is 4. The number of ether oxygens (including phenoxy) is 1. The zero-order chi connectivity index (χ0) is 18.1. The Kier molecular flexibility index (Phi) is 4.21. The monoisotopic (exact) mass is 348 g/mol. The lowest BCUT2D eigenvalue weighted by Gasteiger charge is -2.17. The molecule has 26 heavy (non-hydrogen) atoms. The molecule has 2 aromatic rings. The van der Waals surface area contributed by atoms with Crippen molar-refractivity contribution in [2.45, 2.75) is 18.4 Å². The second-order valence-electron chi connectivity index (χ2n) is 6.62. The average Bonchev–Trinajstić information content (AvgIpc) is 3.23. The summed E-state index contributed by atoms with van der Waals surface area (Å²) in [6, 6.07) is 15.9. The number of carboxylic acid groups (broad SMARTS) is 1. The first-order valence-electron chi connectivity index (χ1n) is 8.64. The highest BCUT2D eigenvalue weighted by Gasteiger charge is 2.29. The standard InChI is InChI=1S/C21H19NO4/c23-20(24)13-9-10-14(11-13)22-21(25)26-12-19-17-7-3-1-5-15(17)16-6-2-4-8-18(16)19/h1-10,13-14,19H,11-12H2,(H,22,25)(H,23,24)/p-1/t13-,14-/m0/s1. The molecule has 0 radical (unpaired) electrons. The van der Waals surface area contributed by atoms with E-state index in [2.05, 4.69) is 29.6 Å². The third kappa shape index (κ3) is 2.96. The fourth-order valence-electron chi connectivity index (χ4n) is 3.77. The highest BCUT2D eigenvalue weighted by molar-refractivity contribution is 5.79. The summed E-state index contributed by atoms with van der Waals surface area (Å²) in [6.07, 6.45) is 2.97. The normalized spacial score (nSPS) is 20.5. The number of amides is 1. The molecule has 4 rings (SSSR count). The summed E-state index contributed by atoms with van der Waals surface area (Å²) in [5, 5.41) is 13.6. The Bertz CT molecular complexity index is 844. The molecule has 5 nitrogen and oxygen atoms in total. The first-order chi connectivity index (χ1) is 12.6. The molecule has 0 aromatic heterocycles. The predicted octanol–water partition coefficient (Wildman–Crippen LogP) is 2.22. The molecule has 0 unspecified atom stereocenters. The molecule has 2 atom stereocenters. The fourth-order valence-corrected chi connectivity index (χ4v) is 3.77. The molecule has 2 aliphatic rings. The van der Waals surface area contributed by atoms with Gasteiger partial charge in [-0.25, -0.2) is 4.79 Å². The second-order valence-corrected chi connectivity index (χ2v) is 6.62. The molecule has 2 aliphatic carbocycles. The predicted molar refractivity (Wildman–Crippen MR) is 94.2 cm³/mol. The number of carbonyl (C=O) groups is 2. The van der Waals surface area contributed by atoms with Crippen molar-refractivity contribution >= 4 is 12.1 Å². The number of alkyl carbamates (subject to hydrolysis) is 1. The van der Waals surface area contributed by atoms with Crippen LogP contribution in [0, 0.1) is 5.92 Å². The quantitative estimate of drug-likeness (QED) is 0.860. The van der Waals surface area contributed by atoms with Crippen molar-refractivity contribution in [3.63, 3.8) is 0 Å². The Balaban J connectivity index is 1.41. The van der Waals surface area contributed by atoms with E-state index in [1.807, 2.05) is 24.3 Å². The SMILES string of the molecule is O=C(N[C@H]1C=C[C@H](C(=O)[O-])C1)OCC1c2ccccc2-c2ccccc21. The lowest BCUT2D eigenvalue weighted by atomic mass is 9.98. The lowest BCUT2D eigenvalue weighted by Crippen LogP contribution is -2.36. The number of aliphatic carboxylic acids is 1. The maximum absolute atomic E-state index is 12.1. The van der Waals surface area contributed by atoms with Crippen LogP contribution in [0.2, 0.25) is 0 Å². The van der Waals surface area contributed by atoms with Gasteiger partial charge < -0.3 is 20.0 Å². The molecule has 0 saturated carbocycles. The van der Waals surface area contributed by atoms with Crippen molar-refractivity contribution in [2.75, 3.05) is 6.61 Å². The van der Waals surface area contributed by atoms with E-state index in [0.29, 0.717) is 6.42 Å². The topological polar surface area (TPSA) is 78.5 Å². The molecule has 1 N–H and O–H groups in total. The van der Waals surface area contributed by atoms with Crippen LogP contribution in [0.25, 0.3) is 11.1 Å². The van der Waals surface area contributed by atoms with E-state index in [1.54, 1.807) is 12.2 Å². The molecule has 0 bridgehead atoms. The number of fused-ring (bicyclic) bond motifs is 3. The van der Waals surface area contributed by atoms with Gasteiger partial charge in [-0.3, -0.25) is 0 Å². The Labute approximate surface area is 151 Å². The Morgan fingerprint density at radius 1 is 1.00 bits per heavy atom. The van der Waals surface area contributed by atoms with Crippen LogP contribution in [0.15, 0.2) is 60.7 Å². The van der Waals surface area contributed by atoms with Crippen LogP contribution in [0.3, 0.4) is 0 Å². The van der Waals surface area contributed by atoms with Gasteiger partial charge in [0.25, 0.3) is 0 Å². The van der Waals surface area contributed by atoms with Gasteiger partial charge in [0.05, 0.1) is 6.04 Å². The molecule has 0 aliphatic heterocycles. The van der Waals surface area contributed by atoms with Crippen LogP contribution in [0.4, 0.5) is 4.79 Å². The number of carboxylic acids is 1. The van der Waals surface area contributed by atoms with E-state index in [4.69, 9.17) is 4.74 Å². The number of rotatable bonds is 4. The molecule has 2 aromatic carbocycles. The summed E-state index contributed by atoms with van der Waals surface area (Å²) in [5.41, 5.74) is 4.65. The summed E-state index contributed by atoms with van der Waals surface area (Å²) in [4.78, 5) is 23.0. The fraction of sp³-hybridized carbons (Fsp3) is 0.238. The van der Waals surface area contributed by atoms with Crippen molar-refractivity contribution in [1.82, 2.24) is 5.32 Å². The zero-order valence-electron chi connectivity index (χ0n) is 14.1. The lowest BCUT2D eigenvalue weighted by molar-refractivity contribution is -0.309. The number of benzene rings is 2. The molecule has 0 saturated heterocycles. The number of nitrogens with one attached hydrogen (secondary N) is 1. The summed E-state index contributed by atoms with van der Waals surface area (Å²) in [5.74, 6) is -1.78. The van der Waals surface area contributed by atoms with Crippen LogP contribution >= 0.6 is 0 Å². The molecule has 1 amide bonds. The number of carbonyl (C=O) groups excluding carboxylic acids is 2. The van der Waals surface area contributed by atoms with Gasteiger partial charge in [-0.05, 0) is 28.7 Å². The van der Waals surface area contributed by atoms with E-state index >= 15 is 0 Å². The summed E-state index contributed by atoms with van der Waals surface area (Å²) in [6.45, 7) is 0.236. The average molecular weight is 348 g/mol. The van der Waals surface area contributed by atoms with Gasteiger partial charge in [0.15, 0.2) is 0 Å². The summed E-state index contributed by atoms with van der Waals surface area (Å²) in [7, 11) is 0. The maximum Gasteiger partial charge on any atom is 0.407 e. The summed E-state index contributed by atoms with van der Waals surface area (Å²) < 4.78 is 5.45. The van der Waals surface area contributed by atoms with Gasteiger partial charge in [-0.1, -0.05) is 60.7 Å². The van der Waals surface area contributed by atoms with Gasteiger partial charge in [0.2, 0.25) is 0 Å². The third-order valence-electron chi connectivity index (χ3n) is 5.03. The van der Waals surface area contributed by atoms with Crippen LogP contribution < -0.4 is 10.4 Å². The largest absolute Gasteiger partial charge is 0.550 e. The first-order valence-corrected chi connectivity index (χ1v) is 8.64. The minimum absolute atomic E-state index is 0.00300. The van der Waals surface area contributed by atoms with Gasteiger partial charge in [-0.15, -0.1) is 0 Å². The minimum atomic E-state index is -1.13. The van der Waals surface area contributed by atoms with Crippen LogP contribution in [-0.2, 0) is 9.53 Å². The van der Waals surface area contributed by atoms with Gasteiger partial charge >= 0.3 is 6.09 Å². The van der Waals surface area contributed by atoms with E-state index < -0.39 is 18.0 Å². The number of hydrogen-bond donors (Lipinski definition) is 1. The molecular weight excluding hydrogens is 330 g/mol. The maximum atomic E-state index is 12.1.